The first-order valence-electron chi connectivity index (χ1n) is 7.42. The van der Waals surface area contributed by atoms with Crippen LogP contribution < -0.4 is 5.32 Å². The summed E-state index contributed by atoms with van der Waals surface area (Å²) in [5.74, 6) is 1.22. The highest BCUT2D eigenvalue weighted by atomic mass is 32.2. The van der Waals surface area contributed by atoms with Gasteiger partial charge in [-0.1, -0.05) is 0 Å². The summed E-state index contributed by atoms with van der Waals surface area (Å²) in [5.41, 5.74) is 2.83. The molecule has 1 aliphatic heterocycles. The van der Waals surface area contributed by atoms with Gasteiger partial charge < -0.3 is 10.2 Å². The lowest BCUT2D eigenvalue weighted by Crippen LogP contribution is -2.40. The Balaban J connectivity index is 1.63. The molecule has 114 valence electrons. The molecule has 3 heterocycles. The Bertz CT molecular complexity index is 590. The smallest absolute Gasteiger partial charge is 0.200 e. The summed E-state index contributed by atoms with van der Waals surface area (Å²) >= 11 is 1.92. The third kappa shape index (κ3) is 3.47. The summed E-state index contributed by atoms with van der Waals surface area (Å²) < 4.78 is 1.74. The summed E-state index contributed by atoms with van der Waals surface area (Å²) in [6.45, 7) is 5.54. The number of aromatic nitrogens is 4. The van der Waals surface area contributed by atoms with Crippen molar-refractivity contribution < 1.29 is 0 Å². The minimum Gasteiger partial charge on any atom is -0.379 e. The van der Waals surface area contributed by atoms with Crippen molar-refractivity contribution in [1.29, 1.82) is 0 Å². The summed E-state index contributed by atoms with van der Waals surface area (Å²) in [5, 5.41) is 16.1. The standard InChI is InChI=1S/C14H22N6S/c1-11-9-13(14-17-15-10-20(14)18-11)16-12-3-5-19(6-4-12)7-8-21-2/h9-10,12,16H,3-8H2,1-2H3. The van der Waals surface area contributed by atoms with Gasteiger partial charge in [0.2, 0.25) is 5.65 Å². The molecule has 2 aromatic rings. The fourth-order valence-corrected chi connectivity index (χ4v) is 3.24. The van der Waals surface area contributed by atoms with Crippen LogP contribution in [0.3, 0.4) is 0 Å². The number of likely N-dealkylation sites (tertiary alicyclic amines) is 1. The van der Waals surface area contributed by atoms with Gasteiger partial charge in [-0.05, 0) is 32.1 Å². The van der Waals surface area contributed by atoms with E-state index in [0.29, 0.717) is 6.04 Å². The highest BCUT2D eigenvalue weighted by molar-refractivity contribution is 7.98. The molecule has 1 saturated heterocycles. The zero-order chi connectivity index (χ0) is 14.7. The zero-order valence-electron chi connectivity index (χ0n) is 12.6. The van der Waals surface area contributed by atoms with Crippen molar-refractivity contribution in [3.8, 4) is 0 Å². The van der Waals surface area contributed by atoms with Crippen molar-refractivity contribution in [2.75, 3.05) is 37.0 Å². The Kier molecular flexibility index (Phi) is 4.60. The number of hydrogen-bond donors (Lipinski definition) is 1. The Hall–Kier alpha value is -1.34. The average molecular weight is 306 g/mol. The molecule has 0 aliphatic carbocycles. The molecule has 3 rings (SSSR count). The monoisotopic (exact) mass is 306 g/mol. The highest BCUT2D eigenvalue weighted by Crippen LogP contribution is 2.20. The largest absolute Gasteiger partial charge is 0.379 e. The number of thioether (sulfide) groups is 1. The van der Waals surface area contributed by atoms with E-state index in [1.165, 1.54) is 38.2 Å². The molecule has 6 nitrogen and oxygen atoms in total. The van der Waals surface area contributed by atoms with Crippen LogP contribution in [0.15, 0.2) is 12.4 Å². The van der Waals surface area contributed by atoms with E-state index in [0.717, 1.165) is 17.0 Å². The van der Waals surface area contributed by atoms with E-state index in [2.05, 4.69) is 37.8 Å². The van der Waals surface area contributed by atoms with E-state index >= 15 is 0 Å². The van der Waals surface area contributed by atoms with Crippen LogP contribution in [-0.2, 0) is 0 Å². The molecule has 1 aliphatic rings. The van der Waals surface area contributed by atoms with E-state index in [4.69, 9.17) is 0 Å². The van der Waals surface area contributed by atoms with Crippen LogP contribution in [0.2, 0.25) is 0 Å². The second-order valence-corrected chi connectivity index (χ2v) is 6.54. The summed E-state index contributed by atoms with van der Waals surface area (Å²) in [6, 6.07) is 2.57. The van der Waals surface area contributed by atoms with Crippen LogP contribution in [0.4, 0.5) is 5.69 Å². The first kappa shape index (κ1) is 14.6. The Morgan fingerprint density at radius 1 is 1.38 bits per heavy atom. The summed E-state index contributed by atoms with van der Waals surface area (Å²) in [4.78, 5) is 2.55. The van der Waals surface area contributed by atoms with E-state index in [1.807, 2.05) is 18.7 Å². The van der Waals surface area contributed by atoms with Gasteiger partial charge in [-0.25, -0.2) is 0 Å². The van der Waals surface area contributed by atoms with Crippen LogP contribution in [0, 0.1) is 6.92 Å². The number of aryl methyl sites for hydroxylation is 1. The molecular weight excluding hydrogens is 284 g/mol. The zero-order valence-corrected chi connectivity index (χ0v) is 13.4. The van der Waals surface area contributed by atoms with Gasteiger partial charge in [-0.3, -0.25) is 0 Å². The predicted octanol–water partition coefficient (Wildman–Crippen LogP) is 1.67. The second kappa shape index (κ2) is 6.62. The molecular formula is C14H22N6S. The van der Waals surface area contributed by atoms with Crippen molar-refractivity contribution in [3.05, 3.63) is 18.1 Å². The lowest BCUT2D eigenvalue weighted by Gasteiger charge is -2.32. The van der Waals surface area contributed by atoms with Crippen LogP contribution in [0.1, 0.15) is 18.5 Å². The SMILES string of the molecule is CSCCN1CCC(Nc2cc(C)nn3cnnc23)CC1. The van der Waals surface area contributed by atoms with E-state index in [9.17, 15) is 0 Å². The normalized spacial score (nSPS) is 17.4. The maximum atomic E-state index is 4.38. The maximum Gasteiger partial charge on any atom is 0.200 e. The molecule has 0 saturated carbocycles. The lowest BCUT2D eigenvalue weighted by molar-refractivity contribution is 0.231. The third-order valence-corrected chi connectivity index (χ3v) is 4.54. The van der Waals surface area contributed by atoms with Crippen LogP contribution in [0.25, 0.3) is 5.65 Å². The van der Waals surface area contributed by atoms with E-state index in [-0.39, 0.29) is 0 Å². The first-order valence-corrected chi connectivity index (χ1v) is 8.81. The van der Waals surface area contributed by atoms with E-state index in [1.54, 1.807) is 10.8 Å². The third-order valence-electron chi connectivity index (χ3n) is 3.95. The van der Waals surface area contributed by atoms with Crippen LogP contribution in [-0.4, -0.2) is 62.4 Å². The Labute approximate surface area is 129 Å². The molecule has 0 bridgehead atoms. The summed E-state index contributed by atoms with van der Waals surface area (Å²) in [7, 11) is 0. The van der Waals surface area contributed by atoms with Gasteiger partial charge in [-0.15, -0.1) is 10.2 Å². The first-order chi connectivity index (χ1) is 10.3. The topological polar surface area (TPSA) is 58.4 Å². The molecule has 0 aromatic carbocycles. The highest BCUT2D eigenvalue weighted by Gasteiger charge is 2.19. The number of fused-ring (bicyclic) bond motifs is 1. The number of hydrogen-bond acceptors (Lipinski definition) is 6. The second-order valence-electron chi connectivity index (χ2n) is 5.55. The average Bonchev–Trinajstić information content (AvgIpc) is 2.95. The molecule has 0 unspecified atom stereocenters. The van der Waals surface area contributed by atoms with E-state index < -0.39 is 0 Å². The van der Waals surface area contributed by atoms with Crippen molar-refractivity contribution in [2.24, 2.45) is 0 Å². The van der Waals surface area contributed by atoms with Gasteiger partial charge >= 0.3 is 0 Å². The number of nitrogens with one attached hydrogen (secondary N) is 1. The lowest BCUT2D eigenvalue weighted by atomic mass is 10.0. The molecule has 0 spiro atoms. The van der Waals surface area contributed by atoms with Gasteiger partial charge in [0.25, 0.3) is 0 Å². The van der Waals surface area contributed by atoms with Crippen molar-refractivity contribution in [3.63, 3.8) is 0 Å². The molecule has 0 atom stereocenters. The molecule has 1 fully saturated rings. The van der Waals surface area contributed by atoms with Gasteiger partial charge in [0.15, 0.2) is 0 Å². The molecule has 1 N–H and O–H groups in total. The van der Waals surface area contributed by atoms with Crippen LogP contribution >= 0.6 is 11.8 Å². The molecule has 7 heteroatoms. The maximum absolute atomic E-state index is 4.38. The minimum atomic E-state index is 0.512. The van der Waals surface area contributed by atoms with Gasteiger partial charge in [-0.2, -0.15) is 21.4 Å². The quantitative estimate of drug-likeness (QED) is 0.907. The number of anilines is 1. The molecule has 21 heavy (non-hydrogen) atoms. The minimum absolute atomic E-state index is 0.512. The van der Waals surface area contributed by atoms with Crippen molar-refractivity contribution in [1.82, 2.24) is 24.7 Å². The number of nitrogens with zero attached hydrogens (tertiary/aromatic N) is 5. The van der Waals surface area contributed by atoms with Crippen LogP contribution in [0.5, 0.6) is 0 Å². The Morgan fingerprint density at radius 3 is 2.95 bits per heavy atom. The van der Waals surface area contributed by atoms with Gasteiger partial charge in [0.05, 0.1) is 11.4 Å². The van der Waals surface area contributed by atoms with Gasteiger partial charge in [0.1, 0.15) is 6.33 Å². The predicted molar refractivity (Wildman–Crippen MR) is 87.0 cm³/mol. The molecule has 2 aromatic heterocycles. The molecule has 0 radical (unpaired) electrons. The number of piperidine rings is 1. The fourth-order valence-electron chi connectivity index (χ4n) is 2.80. The van der Waals surface area contributed by atoms with Crippen molar-refractivity contribution >= 4 is 23.1 Å². The summed E-state index contributed by atoms with van der Waals surface area (Å²) in [6.07, 6.45) is 6.18. The fraction of sp³-hybridized carbons (Fsp3) is 0.643. The number of rotatable bonds is 5. The van der Waals surface area contributed by atoms with Crippen molar-refractivity contribution in [2.45, 2.75) is 25.8 Å². The van der Waals surface area contributed by atoms with Gasteiger partial charge in [0, 0.05) is 31.4 Å². The Morgan fingerprint density at radius 2 is 2.19 bits per heavy atom. The molecule has 0 amide bonds.